The third-order valence-electron chi connectivity index (χ3n) is 4.86. The molecule has 0 spiro atoms. The van der Waals surface area contributed by atoms with Gasteiger partial charge in [-0.3, -0.25) is 14.5 Å². The molecule has 1 aromatic heterocycles. The van der Waals surface area contributed by atoms with Crippen molar-refractivity contribution in [3.8, 4) is 17.0 Å². The molecule has 1 aliphatic heterocycles. The van der Waals surface area contributed by atoms with Crippen molar-refractivity contribution >= 4 is 28.7 Å². The van der Waals surface area contributed by atoms with E-state index in [0.29, 0.717) is 22.6 Å². The van der Waals surface area contributed by atoms with Gasteiger partial charge in [-0.05, 0) is 62.7 Å². The molecule has 1 atom stereocenters. The van der Waals surface area contributed by atoms with E-state index in [2.05, 4.69) is 4.98 Å². The number of benzene rings is 2. The maximum Gasteiger partial charge on any atom is 0.268 e. The number of carbonyl (C=O) groups excluding carboxylic acids is 2. The van der Waals surface area contributed by atoms with Crippen LogP contribution in [0.3, 0.4) is 0 Å². The topological polar surface area (TPSA) is 59.5 Å². The fourth-order valence-electron chi connectivity index (χ4n) is 3.28. The van der Waals surface area contributed by atoms with Crippen LogP contribution in [0.5, 0.6) is 5.75 Å². The maximum atomic E-state index is 13.5. The summed E-state index contributed by atoms with van der Waals surface area (Å²) in [5.41, 5.74) is 2.93. The summed E-state index contributed by atoms with van der Waals surface area (Å²) in [5, 5.41) is 2.89. The summed E-state index contributed by atoms with van der Waals surface area (Å²) in [6.07, 6.45) is -0.697. The number of Topliss-reactive ketones (excluding diaryl/α,β-unsaturated/α-hetero) is 1. The fourth-order valence-corrected chi connectivity index (χ4v) is 3.90. The predicted octanol–water partition coefficient (Wildman–Crippen LogP) is 4.56. The zero-order valence-corrected chi connectivity index (χ0v) is 17.0. The van der Waals surface area contributed by atoms with Crippen molar-refractivity contribution in [3.05, 3.63) is 63.7 Å². The summed E-state index contributed by atoms with van der Waals surface area (Å²) in [6.45, 7) is 5.04. The molecule has 0 fully saturated rings. The summed E-state index contributed by atoms with van der Waals surface area (Å²) in [5.74, 6) is -0.394. The van der Waals surface area contributed by atoms with Gasteiger partial charge in [-0.2, -0.15) is 0 Å². The van der Waals surface area contributed by atoms with Crippen molar-refractivity contribution in [2.75, 3.05) is 11.4 Å². The first-order valence-electron chi connectivity index (χ1n) is 9.17. The number of aromatic nitrogens is 1. The SMILES string of the molecule is Cc1nc(-c2ccc3c(c2)N(CC(=O)c2ccc(F)c(C)c2)C(=O)C(C)O3)cs1. The molecule has 5 nitrogen and oxygen atoms in total. The highest BCUT2D eigenvalue weighted by molar-refractivity contribution is 7.09. The molecular weight excluding hydrogens is 391 g/mol. The number of nitrogens with zero attached hydrogens (tertiary/aromatic N) is 2. The van der Waals surface area contributed by atoms with Crippen LogP contribution >= 0.6 is 11.3 Å². The number of carbonyl (C=O) groups is 2. The molecule has 7 heteroatoms. The number of rotatable bonds is 4. The molecule has 148 valence electrons. The smallest absolute Gasteiger partial charge is 0.268 e. The van der Waals surface area contributed by atoms with Crippen LogP contribution in [-0.2, 0) is 4.79 Å². The number of aryl methyl sites for hydroxylation is 2. The minimum Gasteiger partial charge on any atom is -0.479 e. The van der Waals surface area contributed by atoms with E-state index >= 15 is 0 Å². The van der Waals surface area contributed by atoms with Gasteiger partial charge in [0.25, 0.3) is 5.91 Å². The van der Waals surface area contributed by atoms with Gasteiger partial charge in [-0.25, -0.2) is 9.37 Å². The molecule has 0 saturated heterocycles. The lowest BCUT2D eigenvalue weighted by molar-refractivity contribution is -0.125. The Labute approximate surface area is 171 Å². The molecular formula is C22H19FN2O3S. The molecule has 29 heavy (non-hydrogen) atoms. The summed E-state index contributed by atoms with van der Waals surface area (Å²) in [6, 6.07) is 9.70. The highest BCUT2D eigenvalue weighted by Crippen LogP contribution is 2.37. The van der Waals surface area contributed by atoms with E-state index in [1.165, 1.54) is 23.1 Å². The molecule has 4 rings (SSSR count). The van der Waals surface area contributed by atoms with Gasteiger partial charge in [0.1, 0.15) is 11.6 Å². The number of amides is 1. The second-order valence-corrected chi connectivity index (χ2v) is 8.07. The van der Waals surface area contributed by atoms with Gasteiger partial charge in [0, 0.05) is 16.5 Å². The van der Waals surface area contributed by atoms with Crippen LogP contribution in [0, 0.1) is 19.7 Å². The van der Waals surface area contributed by atoms with E-state index in [-0.39, 0.29) is 24.1 Å². The Balaban J connectivity index is 1.70. The zero-order chi connectivity index (χ0) is 20.7. The zero-order valence-electron chi connectivity index (χ0n) is 16.2. The fraction of sp³-hybridized carbons (Fsp3) is 0.227. The molecule has 2 heterocycles. The molecule has 1 amide bonds. The van der Waals surface area contributed by atoms with Crippen LogP contribution < -0.4 is 9.64 Å². The van der Waals surface area contributed by atoms with Crippen LogP contribution in [-0.4, -0.2) is 29.3 Å². The van der Waals surface area contributed by atoms with Gasteiger partial charge in [-0.15, -0.1) is 11.3 Å². The molecule has 3 aromatic rings. The monoisotopic (exact) mass is 410 g/mol. The number of thiazole rings is 1. The number of anilines is 1. The molecule has 1 unspecified atom stereocenters. The van der Waals surface area contributed by atoms with Crippen LogP contribution in [0.2, 0.25) is 0 Å². The van der Waals surface area contributed by atoms with E-state index in [9.17, 15) is 14.0 Å². The minimum atomic E-state index is -0.697. The van der Waals surface area contributed by atoms with Crippen molar-refractivity contribution in [2.24, 2.45) is 0 Å². The van der Waals surface area contributed by atoms with Crippen LogP contribution in [0.4, 0.5) is 10.1 Å². The van der Waals surface area contributed by atoms with Crippen LogP contribution in [0.1, 0.15) is 27.9 Å². The maximum absolute atomic E-state index is 13.5. The molecule has 0 saturated carbocycles. The molecule has 0 bridgehead atoms. The lowest BCUT2D eigenvalue weighted by Crippen LogP contribution is -2.46. The lowest BCUT2D eigenvalue weighted by Gasteiger charge is -2.33. The van der Waals surface area contributed by atoms with E-state index in [1.807, 2.05) is 24.4 Å². The molecule has 0 aliphatic carbocycles. The number of ketones is 1. The summed E-state index contributed by atoms with van der Waals surface area (Å²) in [7, 11) is 0. The average molecular weight is 410 g/mol. The molecule has 0 N–H and O–H groups in total. The third kappa shape index (κ3) is 3.65. The standard InChI is InChI=1S/C22H19FN2O3S/c1-12-8-16(4-6-17(12)23)20(26)10-25-19-9-15(18-11-29-14(3)24-18)5-7-21(19)28-13(2)22(25)27/h4-9,11,13H,10H2,1-3H3. The molecule has 2 aromatic carbocycles. The van der Waals surface area contributed by atoms with Gasteiger partial charge in [0.2, 0.25) is 0 Å². The van der Waals surface area contributed by atoms with E-state index in [4.69, 9.17) is 4.74 Å². The quantitative estimate of drug-likeness (QED) is 0.592. The van der Waals surface area contributed by atoms with E-state index in [1.54, 1.807) is 31.3 Å². The Bertz CT molecular complexity index is 1120. The summed E-state index contributed by atoms with van der Waals surface area (Å²) >= 11 is 1.54. The van der Waals surface area contributed by atoms with E-state index < -0.39 is 6.10 Å². The van der Waals surface area contributed by atoms with Crippen LogP contribution in [0.15, 0.2) is 41.8 Å². The Morgan fingerprint density at radius 1 is 1.24 bits per heavy atom. The van der Waals surface area contributed by atoms with Crippen molar-refractivity contribution in [3.63, 3.8) is 0 Å². The minimum absolute atomic E-state index is 0.149. The summed E-state index contributed by atoms with van der Waals surface area (Å²) in [4.78, 5) is 31.6. The van der Waals surface area contributed by atoms with Crippen molar-refractivity contribution in [1.29, 1.82) is 0 Å². The highest BCUT2D eigenvalue weighted by Gasteiger charge is 2.33. The normalized spacial score (nSPS) is 15.8. The number of halogens is 1. The predicted molar refractivity (Wildman–Crippen MR) is 110 cm³/mol. The van der Waals surface area contributed by atoms with Gasteiger partial charge >= 0.3 is 0 Å². The number of fused-ring (bicyclic) bond motifs is 1. The van der Waals surface area contributed by atoms with Gasteiger partial charge < -0.3 is 4.74 Å². The Morgan fingerprint density at radius 3 is 2.72 bits per heavy atom. The largest absolute Gasteiger partial charge is 0.479 e. The first-order valence-corrected chi connectivity index (χ1v) is 10.1. The highest BCUT2D eigenvalue weighted by atomic mass is 32.1. The van der Waals surface area contributed by atoms with Gasteiger partial charge in [-0.1, -0.05) is 0 Å². The van der Waals surface area contributed by atoms with Crippen molar-refractivity contribution in [1.82, 2.24) is 4.98 Å². The van der Waals surface area contributed by atoms with Gasteiger partial charge in [0.15, 0.2) is 11.9 Å². The number of ether oxygens (including phenoxy) is 1. The number of hydrogen-bond acceptors (Lipinski definition) is 5. The van der Waals surface area contributed by atoms with Crippen LogP contribution in [0.25, 0.3) is 11.3 Å². The second-order valence-electron chi connectivity index (χ2n) is 7.01. The molecule has 1 aliphatic rings. The Morgan fingerprint density at radius 2 is 2.03 bits per heavy atom. The lowest BCUT2D eigenvalue weighted by atomic mass is 10.0. The average Bonchev–Trinajstić information content (AvgIpc) is 3.13. The Hall–Kier alpha value is -3.06. The van der Waals surface area contributed by atoms with Crippen molar-refractivity contribution < 1.29 is 18.7 Å². The Kier molecular flexibility index (Phi) is 4.92. The first kappa shape index (κ1) is 19.3. The molecule has 0 radical (unpaired) electrons. The summed E-state index contributed by atoms with van der Waals surface area (Å²) < 4.78 is 19.3. The van der Waals surface area contributed by atoms with Gasteiger partial charge in [0.05, 0.1) is 22.9 Å². The van der Waals surface area contributed by atoms with Crippen molar-refractivity contribution in [2.45, 2.75) is 26.9 Å². The first-order chi connectivity index (χ1) is 13.8. The second kappa shape index (κ2) is 7.40. The number of hydrogen-bond donors (Lipinski definition) is 0. The van der Waals surface area contributed by atoms with E-state index in [0.717, 1.165) is 16.3 Å². The third-order valence-corrected chi connectivity index (χ3v) is 5.64.